The fourth-order valence-corrected chi connectivity index (χ4v) is 9.43. The first-order valence-electron chi connectivity index (χ1n) is 15.2. The molecule has 0 radical (unpaired) electrons. The van der Waals surface area contributed by atoms with Gasteiger partial charge in [0.1, 0.15) is 5.82 Å². The monoisotopic (exact) mass is 582 g/mol. The van der Waals surface area contributed by atoms with E-state index in [2.05, 4.69) is 46.2 Å². The van der Waals surface area contributed by atoms with Gasteiger partial charge >= 0.3 is 0 Å². The van der Waals surface area contributed by atoms with Gasteiger partial charge in [0.25, 0.3) is 0 Å². The highest BCUT2D eigenvalue weighted by atomic mass is 32.2. The molecule has 1 saturated carbocycles. The second kappa shape index (κ2) is 12.3. The lowest BCUT2D eigenvalue weighted by Gasteiger charge is -2.56. The number of thioether (sulfide) groups is 1. The normalized spacial score (nSPS) is 36.0. The third kappa shape index (κ3) is 5.95. The fourth-order valence-electron chi connectivity index (χ4n) is 7.89. The number of hydrogen-bond acceptors (Lipinski definition) is 8. The van der Waals surface area contributed by atoms with Crippen molar-refractivity contribution in [3.8, 4) is 6.07 Å². The lowest BCUT2D eigenvalue weighted by molar-refractivity contribution is -0.135. The van der Waals surface area contributed by atoms with Crippen molar-refractivity contribution in [2.24, 2.45) is 5.92 Å². The van der Waals surface area contributed by atoms with Crippen LogP contribution in [0.3, 0.4) is 0 Å². The van der Waals surface area contributed by atoms with E-state index >= 15 is 0 Å². The first kappa shape index (κ1) is 29.1. The molecule has 8 nitrogen and oxygen atoms in total. The zero-order chi connectivity index (χ0) is 28.6. The number of halogens is 1. The Bertz CT molecular complexity index is 1180. The van der Waals surface area contributed by atoms with Gasteiger partial charge in [-0.25, -0.2) is 4.39 Å². The highest BCUT2D eigenvalue weighted by Gasteiger charge is 2.50. The van der Waals surface area contributed by atoms with E-state index < -0.39 is 0 Å². The summed E-state index contributed by atoms with van der Waals surface area (Å²) in [7, 11) is 2.17. The molecule has 1 aliphatic carbocycles. The van der Waals surface area contributed by atoms with E-state index in [1.165, 1.54) is 12.5 Å². The van der Waals surface area contributed by atoms with Gasteiger partial charge in [-0.2, -0.15) is 5.26 Å². The molecule has 222 valence electrons. The molecule has 41 heavy (non-hydrogen) atoms. The van der Waals surface area contributed by atoms with E-state index in [0.717, 1.165) is 62.1 Å². The largest absolute Gasteiger partial charge is 0.348 e. The van der Waals surface area contributed by atoms with Crippen LogP contribution in [0.2, 0.25) is 0 Å². The molecule has 1 aromatic carbocycles. The summed E-state index contributed by atoms with van der Waals surface area (Å²) >= 11 is 2.00. The van der Waals surface area contributed by atoms with Crippen molar-refractivity contribution in [3.05, 3.63) is 47.8 Å². The Morgan fingerprint density at radius 2 is 2.17 bits per heavy atom. The average Bonchev–Trinajstić information content (AvgIpc) is 3.40. The van der Waals surface area contributed by atoms with Gasteiger partial charge in [-0.15, -0.1) is 11.8 Å². The van der Waals surface area contributed by atoms with Crippen molar-refractivity contribution < 1.29 is 13.9 Å². The van der Waals surface area contributed by atoms with Gasteiger partial charge in [-0.3, -0.25) is 20.3 Å². The molecular weight excluding hydrogens is 539 g/mol. The van der Waals surface area contributed by atoms with Crippen LogP contribution in [0.4, 0.5) is 4.39 Å². The number of hydrogen-bond donors (Lipinski definition) is 2. The second-order valence-electron chi connectivity index (χ2n) is 12.6. The summed E-state index contributed by atoms with van der Waals surface area (Å²) in [5, 5.41) is 17.2. The summed E-state index contributed by atoms with van der Waals surface area (Å²) in [6, 6.07) is 8.28. The summed E-state index contributed by atoms with van der Waals surface area (Å²) in [5.74, 6) is 1.03. The van der Waals surface area contributed by atoms with Gasteiger partial charge in [0.05, 0.1) is 31.3 Å². The molecule has 3 saturated heterocycles. The van der Waals surface area contributed by atoms with Crippen LogP contribution in [0.5, 0.6) is 0 Å². The minimum Gasteiger partial charge on any atom is -0.348 e. The lowest BCUT2D eigenvalue weighted by atomic mass is 9.72. The number of amides is 1. The van der Waals surface area contributed by atoms with Gasteiger partial charge in [0, 0.05) is 48.1 Å². The van der Waals surface area contributed by atoms with Crippen molar-refractivity contribution in [3.63, 3.8) is 0 Å². The zero-order valence-corrected chi connectivity index (χ0v) is 24.9. The van der Waals surface area contributed by atoms with Crippen LogP contribution < -0.4 is 10.6 Å². The predicted octanol–water partition coefficient (Wildman–Crippen LogP) is 3.05. The van der Waals surface area contributed by atoms with Gasteiger partial charge in [0.15, 0.2) is 6.35 Å². The smallest absolute Gasteiger partial charge is 0.246 e. The Hall–Kier alpha value is -2.00. The molecule has 6 rings (SSSR count). The molecule has 0 bridgehead atoms. The Kier molecular flexibility index (Phi) is 8.74. The summed E-state index contributed by atoms with van der Waals surface area (Å²) in [4.78, 5) is 19.2. The van der Waals surface area contributed by atoms with Crippen LogP contribution in [0.1, 0.15) is 49.7 Å². The molecule has 7 atom stereocenters. The van der Waals surface area contributed by atoms with Gasteiger partial charge in [0.2, 0.25) is 5.91 Å². The van der Waals surface area contributed by atoms with E-state index in [-0.39, 0.29) is 41.1 Å². The quantitative estimate of drug-likeness (QED) is 0.496. The summed E-state index contributed by atoms with van der Waals surface area (Å²) in [6.07, 6.45) is 7.60. The standard InChI is InChI=1S/C31H43FN6O2S/c1-3-28(39)38-15-14-37(18-22(38)10-12-33)29-24-9-11-31(16-25-21(20-41-31)6-4-8-26(25)32)17-27(24)34-30(35-29)40-19-23-7-5-13-36(23)2/h3-4,6,8,22-24,27,29-30,34-35H,1,5,7,9-11,13-20H2,2H3/t22?,23?,24?,27?,29?,30?,31-/m1/s1. The minimum absolute atomic E-state index is 0.0138. The molecule has 1 spiro atoms. The fraction of sp³-hybridized carbons (Fsp3) is 0.677. The van der Waals surface area contributed by atoms with Gasteiger partial charge in [-0.1, -0.05) is 18.7 Å². The number of nitrogens with one attached hydrogen (secondary N) is 2. The highest BCUT2D eigenvalue weighted by molar-refractivity contribution is 8.00. The van der Waals surface area contributed by atoms with Gasteiger partial charge < -0.3 is 14.5 Å². The number of benzene rings is 1. The van der Waals surface area contributed by atoms with Crippen LogP contribution in [-0.2, 0) is 21.7 Å². The number of rotatable bonds is 6. The first-order chi connectivity index (χ1) is 19.9. The number of likely N-dealkylation sites (N-methyl/N-ethyl adjacent to an activating group) is 1. The maximum atomic E-state index is 14.9. The molecule has 4 heterocycles. The zero-order valence-electron chi connectivity index (χ0n) is 24.1. The minimum atomic E-state index is -0.287. The maximum absolute atomic E-state index is 14.9. The van der Waals surface area contributed by atoms with Crippen LogP contribution in [0, 0.1) is 23.1 Å². The number of ether oxygens (including phenoxy) is 1. The molecule has 0 aromatic heterocycles. The molecule has 10 heteroatoms. The summed E-state index contributed by atoms with van der Waals surface area (Å²) in [6.45, 7) is 7.40. The Balaban J connectivity index is 1.21. The summed E-state index contributed by atoms with van der Waals surface area (Å²) in [5.41, 5.74) is 2.03. The number of carbonyl (C=O) groups is 1. The average molecular weight is 583 g/mol. The summed E-state index contributed by atoms with van der Waals surface area (Å²) < 4.78 is 21.4. The SMILES string of the molecule is C=CC(=O)N1CCN(C2NC(OCC3CCCN3C)NC3C[C@@]4(CCC32)Cc2c(F)cccc2CS4)CC1CC#N. The number of piperazine rings is 1. The number of nitriles is 1. The van der Waals surface area contributed by atoms with Gasteiger partial charge in [-0.05, 0) is 75.4 Å². The molecule has 4 aliphatic heterocycles. The van der Waals surface area contributed by atoms with E-state index in [1.807, 2.05) is 17.8 Å². The van der Waals surface area contributed by atoms with E-state index in [9.17, 15) is 14.4 Å². The van der Waals surface area contributed by atoms with Crippen molar-refractivity contribution in [2.75, 3.05) is 39.8 Å². The highest BCUT2D eigenvalue weighted by Crippen LogP contribution is 2.50. The molecule has 1 aromatic rings. The van der Waals surface area contributed by atoms with Crippen molar-refractivity contribution in [1.29, 1.82) is 5.26 Å². The number of likely N-dealkylation sites (tertiary alicyclic amines) is 1. The second-order valence-corrected chi connectivity index (χ2v) is 14.0. The molecule has 2 N–H and O–H groups in total. The molecular formula is C31H43FN6O2S. The molecule has 6 unspecified atom stereocenters. The van der Waals surface area contributed by atoms with E-state index in [4.69, 9.17) is 4.74 Å². The topological polar surface area (TPSA) is 83.9 Å². The number of carbonyl (C=O) groups excluding carboxylic acids is 1. The molecule has 4 fully saturated rings. The number of nitrogens with zero attached hydrogens (tertiary/aromatic N) is 4. The van der Waals surface area contributed by atoms with Crippen molar-refractivity contribution in [1.82, 2.24) is 25.3 Å². The Labute approximate surface area is 247 Å². The van der Waals surface area contributed by atoms with Crippen molar-refractivity contribution >= 4 is 17.7 Å². The Morgan fingerprint density at radius 3 is 2.95 bits per heavy atom. The number of fused-ring (bicyclic) bond motifs is 2. The predicted molar refractivity (Wildman–Crippen MR) is 158 cm³/mol. The first-order valence-corrected chi connectivity index (χ1v) is 16.2. The van der Waals surface area contributed by atoms with Crippen LogP contribution in [0.15, 0.2) is 30.9 Å². The molecule has 1 amide bonds. The van der Waals surface area contributed by atoms with Crippen molar-refractivity contribution in [2.45, 2.75) is 86.1 Å². The lowest BCUT2D eigenvalue weighted by Crippen LogP contribution is -2.73. The third-order valence-corrected chi connectivity index (χ3v) is 11.8. The van der Waals surface area contributed by atoms with E-state index in [0.29, 0.717) is 38.1 Å². The van der Waals surface area contributed by atoms with E-state index in [1.54, 1.807) is 11.0 Å². The molecule has 5 aliphatic rings. The van der Waals surface area contributed by atoms with Crippen LogP contribution >= 0.6 is 11.8 Å². The van der Waals surface area contributed by atoms with Crippen LogP contribution in [0.25, 0.3) is 0 Å². The maximum Gasteiger partial charge on any atom is 0.246 e. The Morgan fingerprint density at radius 1 is 1.29 bits per heavy atom. The third-order valence-electron chi connectivity index (χ3n) is 10.2. The van der Waals surface area contributed by atoms with Crippen LogP contribution in [-0.4, -0.2) is 95.8 Å².